The standard InChI is InChI=1S/C20H16ClN7O3/c1-27(18-8-5-15(21)25-26-18)19(29)13-4-7-17-23-10-14(28(17)11-13)12-3-6-16(22-9-12)24-20(30)31-2/h3-11H,1-2H3,(H,22,24,30). The second kappa shape index (κ2) is 8.36. The molecule has 2 amide bonds. The van der Waals surface area contributed by atoms with Crippen molar-refractivity contribution in [3.63, 3.8) is 0 Å². The number of halogens is 1. The van der Waals surface area contributed by atoms with Gasteiger partial charge in [-0.05, 0) is 36.4 Å². The van der Waals surface area contributed by atoms with Crippen molar-refractivity contribution < 1.29 is 14.3 Å². The summed E-state index contributed by atoms with van der Waals surface area (Å²) in [6.45, 7) is 0. The van der Waals surface area contributed by atoms with E-state index >= 15 is 0 Å². The van der Waals surface area contributed by atoms with E-state index in [0.29, 0.717) is 22.8 Å². The molecule has 4 aromatic heterocycles. The molecule has 1 N–H and O–H groups in total. The average molecular weight is 438 g/mol. The molecule has 11 heteroatoms. The lowest BCUT2D eigenvalue weighted by molar-refractivity contribution is 0.0991. The van der Waals surface area contributed by atoms with Crippen LogP contribution in [0.2, 0.25) is 5.15 Å². The van der Waals surface area contributed by atoms with Crippen molar-refractivity contribution in [1.82, 2.24) is 24.6 Å². The zero-order valence-corrected chi connectivity index (χ0v) is 17.2. The number of carbonyl (C=O) groups is 2. The largest absolute Gasteiger partial charge is 0.453 e. The Bertz CT molecular complexity index is 1260. The van der Waals surface area contributed by atoms with E-state index in [1.807, 2.05) is 0 Å². The summed E-state index contributed by atoms with van der Waals surface area (Å²) in [5.41, 5.74) is 2.58. The molecule has 0 fully saturated rings. The van der Waals surface area contributed by atoms with Gasteiger partial charge in [0.15, 0.2) is 11.0 Å². The molecule has 0 aliphatic carbocycles. The predicted molar refractivity (Wildman–Crippen MR) is 114 cm³/mol. The van der Waals surface area contributed by atoms with Crippen LogP contribution in [0.3, 0.4) is 0 Å². The zero-order valence-electron chi connectivity index (χ0n) is 16.5. The van der Waals surface area contributed by atoms with Crippen LogP contribution in [-0.4, -0.2) is 50.7 Å². The molecule has 0 aliphatic rings. The van der Waals surface area contributed by atoms with Crippen LogP contribution in [0.1, 0.15) is 10.4 Å². The highest BCUT2D eigenvalue weighted by molar-refractivity contribution is 6.29. The summed E-state index contributed by atoms with van der Waals surface area (Å²) in [4.78, 5) is 34.2. The first kappa shape index (κ1) is 20.2. The number of hydrogen-bond donors (Lipinski definition) is 1. The maximum absolute atomic E-state index is 12.9. The molecule has 4 rings (SSSR count). The molecule has 4 heterocycles. The molecule has 0 saturated carbocycles. The number of pyridine rings is 2. The molecular formula is C20H16ClN7O3. The van der Waals surface area contributed by atoms with Gasteiger partial charge in [0.2, 0.25) is 0 Å². The van der Waals surface area contributed by atoms with Gasteiger partial charge in [0.25, 0.3) is 5.91 Å². The summed E-state index contributed by atoms with van der Waals surface area (Å²) >= 11 is 5.76. The number of rotatable bonds is 4. The molecule has 0 atom stereocenters. The van der Waals surface area contributed by atoms with Crippen LogP contribution in [0.15, 0.2) is 55.0 Å². The molecule has 0 radical (unpaired) electrons. The van der Waals surface area contributed by atoms with Gasteiger partial charge in [-0.3, -0.25) is 19.4 Å². The van der Waals surface area contributed by atoms with Crippen molar-refractivity contribution in [3.8, 4) is 11.3 Å². The highest BCUT2D eigenvalue weighted by Gasteiger charge is 2.17. The summed E-state index contributed by atoms with van der Waals surface area (Å²) in [6, 6.07) is 10.1. The highest BCUT2D eigenvalue weighted by atomic mass is 35.5. The van der Waals surface area contributed by atoms with Crippen LogP contribution in [0.25, 0.3) is 16.9 Å². The third-order valence-corrected chi connectivity index (χ3v) is 4.70. The maximum Gasteiger partial charge on any atom is 0.412 e. The van der Waals surface area contributed by atoms with Gasteiger partial charge in [0.05, 0.1) is 24.6 Å². The van der Waals surface area contributed by atoms with Gasteiger partial charge in [-0.2, -0.15) is 0 Å². The summed E-state index contributed by atoms with van der Waals surface area (Å²) in [7, 11) is 2.88. The number of hydrogen-bond acceptors (Lipinski definition) is 7. The fraction of sp³-hybridized carbons (Fsp3) is 0.100. The van der Waals surface area contributed by atoms with E-state index in [-0.39, 0.29) is 11.1 Å². The predicted octanol–water partition coefficient (Wildman–Crippen LogP) is 3.29. The van der Waals surface area contributed by atoms with Gasteiger partial charge < -0.3 is 4.74 Å². The van der Waals surface area contributed by atoms with Gasteiger partial charge in [-0.1, -0.05) is 11.6 Å². The van der Waals surface area contributed by atoms with Crippen LogP contribution in [-0.2, 0) is 4.74 Å². The van der Waals surface area contributed by atoms with Crippen LogP contribution in [0, 0.1) is 0 Å². The topological polar surface area (TPSA) is 115 Å². The first-order chi connectivity index (χ1) is 15.0. The Balaban J connectivity index is 1.64. The Morgan fingerprint density at radius 1 is 1.06 bits per heavy atom. The second-order valence-corrected chi connectivity index (χ2v) is 6.80. The van der Waals surface area contributed by atoms with Crippen molar-refractivity contribution in [3.05, 3.63) is 65.7 Å². The Kier molecular flexibility index (Phi) is 5.46. The Labute approximate surface area is 181 Å². The lowest BCUT2D eigenvalue weighted by atomic mass is 10.2. The summed E-state index contributed by atoms with van der Waals surface area (Å²) in [5.74, 6) is 0.457. The van der Waals surface area contributed by atoms with E-state index in [9.17, 15) is 9.59 Å². The van der Waals surface area contributed by atoms with E-state index in [0.717, 1.165) is 11.3 Å². The molecule has 10 nitrogen and oxygen atoms in total. The van der Waals surface area contributed by atoms with E-state index in [1.54, 1.807) is 66.4 Å². The van der Waals surface area contributed by atoms with Gasteiger partial charge in [-0.25, -0.2) is 14.8 Å². The fourth-order valence-corrected chi connectivity index (χ4v) is 2.98. The number of fused-ring (bicyclic) bond motifs is 1. The monoisotopic (exact) mass is 437 g/mol. The molecule has 0 unspecified atom stereocenters. The van der Waals surface area contributed by atoms with Gasteiger partial charge in [-0.15, -0.1) is 10.2 Å². The van der Waals surface area contributed by atoms with Gasteiger partial charge in [0.1, 0.15) is 11.5 Å². The number of nitrogens with zero attached hydrogens (tertiary/aromatic N) is 6. The molecule has 156 valence electrons. The normalized spacial score (nSPS) is 10.7. The first-order valence-electron chi connectivity index (χ1n) is 9.02. The number of methoxy groups -OCH3 is 1. The number of imidazole rings is 1. The third kappa shape index (κ3) is 4.14. The molecular weight excluding hydrogens is 422 g/mol. The number of ether oxygens (including phenoxy) is 1. The average Bonchev–Trinajstić information content (AvgIpc) is 3.22. The number of nitrogens with one attached hydrogen (secondary N) is 1. The van der Waals surface area contributed by atoms with E-state index < -0.39 is 6.09 Å². The zero-order chi connectivity index (χ0) is 22.0. The van der Waals surface area contributed by atoms with Crippen molar-refractivity contribution in [2.45, 2.75) is 0 Å². The van der Waals surface area contributed by atoms with Gasteiger partial charge >= 0.3 is 6.09 Å². The minimum atomic E-state index is -0.604. The van der Waals surface area contributed by atoms with Crippen LogP contribution < -0.4 is 10.2 Å². The minimum Gasteiger partial charge on any atom is -0.453 e. The van der Waals surface area contributed by atoms with E-state index in [2.05, 4.69) is 30.2 Å². The first-order valence-corrected chi connectivity index (χ1v) is 9.40. The second-order valence-electron chi connectivity index (χ2n) is 6.42. The Hall–Kier alpha value is -4.05. The SMILES string of the molecule is COC(=O)Nc1ccc(-c2cnc3ccc(C(=O)N(C)c4ccc(Cl)nn4)cn23)cn1. The van der Waals surface area contributed by atoms with E-state index in [4.69, 9.17) is 11.6 Å². The molecule has 0 aromatic carbocycles. The molecule has 0 bridgehead atoms. The molecule has 31 heavy (non-hydrogen) atoms. The molecule has 0 spiro atoms. The van der Waals surface area contributed by atoms with Crippen molar-refractivity contribution in [2.24, 2.45) is 0 Å². The third-order valence-electron chi connectivity index (χ3n) is 4.49. The van der Waals surface area contributed by atoms with Crippen molar-refractivity contribution in [2.75, 3.05) is 24.4 Å². The molecule has 0 aliphatic heterocycles. The maximum atomic E-state index is 12.9. The Morgan fingerprint density at radius 3 is 2.58 bits per heavy atom. The van der Waals surface area contributed by atoms with Crippen molar-refractivity contribution in [1.29, 1.82) is 0 Å². The summed E-state index contributed by atoms with van der Waals surface area (Å²) in [6.07, 6.45) is 4.37. The quantitative estimate of drug-likeness (QED) is 0.520. The van der Waals surface area contributed by atoms with E-state index in [1.165, 1.54) is 12.0 Å². The van der Waals surface area contributed by atoms with Crippen LogP contribution in [0.4, 0.5) is 16.4 Å². The number of aromatic nitrogens is 5. The van der Waals surface area contributed by atoms with Crippen LogP contribution >= 0.6 is 11.6 Å². The highest BCUT2D eigenvalue weighted by Crippen LogP contribution is 2.23. The Morgan fingerprint density at radius 2 is 1.90 bits per heavy atom. The lowest BCUT2D eigenvalue weighted by Gasteiger charge is -2.16. The molecule has 0 saturated heterocycles. The lowest BCUT2D eigenvalue weighted by Crippen LogP contribution is -2.27. The van der Waals surface area contributed by atoms with Crippen molar-refractivity contribution >= 4 is 40.9 Å². The van der Waals surface area contributed by atoms with Crippen LogP contribution in [0.5, 0.6) is 0 Å². The van der Waals surface area contributed by atoms with Gasteiger partial charge in [0, 0.05) is 25.0 Å². The fourth-order valence-electron chi connectivity index (χ4n) is 2.88. The smallest absolute Gasteiger partial charge is 0.412 e. The molecule has 4 aromatic rings. The number of carbonyl (C=O) groups excluding carboxylic acids is 2. The number of anilines is 2. The summed E-state index contributed by atoms with van der Waals surface area (Å²) < 4.78 is 6.34. The number of amides is 2. The minimum absolute atomic E-state index is 0.246. The summed E-state index contributed by atoms with van der Waals surface area (Å²) in [5, 5.41) is 10.4.